The van der Waals surface area contributed by atoms with Crippen LogP contribution in [0.1, 0.15) is 33.6 Å². The Morgan fingerprint density at radius 2 is 2.15 bits per heavy atom. The molecule has 1 saturated heterocycles. The highest BCUT2D eigenvalue weighted by Crippen LogP contribution is 2.26. The van der Waals surface area contributed by atoms with Gasteiger partial charge in [-0.05, 0) is 45.6 Å². The zero-order valence-electron chi connectivity index (χ0n) is 15.0. The summed E-state index contributed by atoms with van der Waals surface area (Å²) in [5, 5.41) is 10.5. The van der Waals surface area contributed by atoms with Crippen molar-refractivity contribution in [2.24, 2.45) is 5.92 Å². The van der Waals surface area contributed by atoms with Gasteiger partial charge in [0.1, 0.15) is 5.60 Å². The van der Waals surface area contributed by atoms with E-state index in [0.29, 0.717) is 19.4 Å². The first kappa shape index (κ1) is 20.1. The molecule has 0 saturated carbocycles. The van der Waals surface area contributed by atoms with Crippen molar-refractivity contribution in [2.45, 2.75) is 44.2 Å². The molecule has 144 valence electrons. The number of carbonyl (C=O) groups excluding carboxylic acids is 1. The fourth-order valence-electron chi connectivity index (χ4n) is 2.84. The zero-order valence-corrected chi connectivity index (χ0v) is 15.9. The smallest absolute Gasteiger partial charge is 0.410 e. The number of aromatic nitrogens is 1. The minimum atomic E-state index is -3.95. The van der Waals surface area contributed by atoms with Gasteiger partial charge in [0, 0.05) is 25.4 Å². The molecule has 0 aromatic carbocycles. The molecule has 1 aromatic rings. The van der Waals surface area contributed by atoms with Crippen molar-refractivity contribution in [3.8, 4) is 0 Å². The monoisotopic (exact) mass is 385 g/mol. The van der Waals surface area contributed by atoms with Crippen LogP contribution in [0.2, 0.25) is 0 Å². The number of nitrogens with zero attached hydrogens (tertiary/aromatic N) is 3. The first-order chi connectivity index (χ1) is 12.0. The summed E-state index contributed by atoms with van der Waals surface area (Å²) in [7, 11) is -3.95. The van der Waals surface area contributed by atoms with Crippen LogP contribution in [0.5, 0.6) is 0 Å². The van der Waals surface area contributed by atoms with Crippen LogP contribution in [-0.2, 0) is 14.6 Å². The minimum absolute atomic E-state index is 0.231. The third kappa shape index (κ3) is 5.13. The van der Waals surface area contributed by atoms with E-state index >= 15 is 0 Å². The van der Waals surface area contributed by atoms with Gasteiger partial charge in [-0.25, -0.2) is 18.2 Å². The lowest BCUT2D eigenvalue weighted by Gasteiger charge is -2.33. The van der Waals surface area contributed by atoms with Crippen LogP contribution in [0, 0.1) is 16.0 Å². The molecule has 2 heterocycles. The molecule has 1 aromatic heterocycles. The SMILES string of the molecule is CC(C)(C)OC(=O)N1CCC[C@H](CS(=O)(=O)c2ncccc2[N+](=O)[O-])C1. The Morgan fingerprint density at radius 1 is 1.46 bits per heavy atom. The summed E-state index contributed by atoms with van der Waals surface area (Å²) in [5.74, 6) is -0.632. The first-order valence-electron chi connectivity index (χ1n) is 8.30. The molecule has 2 rings (SSSR count). The Morgan fingerprint density at radius 3 is 2.77 bits per heavy atom. The lowest BCUT2D eigenvalue weighted by molar-refractivity contribution is -0.388. The van der Waals surface area contributed by atoms with E-state index in [1.165, 1.54) is 17.2 Å². The fourth-order valence-corrected chi connectivity index (χ4v) is 4.58. The van der Waals surface area contributed by atoms with Crippen LogP contribution in [0.4, 0.5) is 10.5 Å². The Kier molecular flexibility index (Phi) is 5.84. The minimum Gasteiger partial charge on any atom is -0.444 e. The molecule has 0 unspecified atom stereocenters. The van der Waals surface area contributed by atoms with E-state index in [1.807, 2.05) is 0 Å². The maximum Gasteiger partial charge on any atom is 0.410 e. The molecular weight excluding hydrogens is 362 g/mol. The summed E-state index contributed by atoms with van der Waals surface area (Å²) >= 11 is 0. The lowest BCUT2D eigenvalue weighted by atomic mass is 10.0. The number of carbonyl (C=O) groups is 1. The van der Waals surface area contributed by atoms with Crippen molar-refractivity contribution in [2.75, 3.05) is 18.8 Å². The molecular formula is C16H23N3O6S. The van der Waals surface area contributed by atoms with Crippen molar-refractivity contribution < 1.29 is 22.9 Å². The van der Waals surface area contributed by atoms with E-state index in [4.69, 9.17) is 4.74 Å². The Bertz CT molecular complexity index is 787. The van der Waals surface area contributed by atoms with Crippen molar-refractivity contribution in [1.29, 1.82) is 0 Å². The molecule has 1 amide bonds. The number of amides is 1. The Labute approximate surface area is 152 Å². The average Bonchev–Trinajstić information content (AvgIpc) is 2.53. The van der Waals surface area contributed by atoms with Gasteiger partial charge in [0.15, 0.2) is 0 Å². The number of rotatable bonds is 4. The van der Waals surface area contributed by atoms with Crippen LogP contribution in [0.15, 0.2) is 23.4 Å². The fraction of sp³-hybridized carbons (Fsp3) is 0.625. The number of piperidine rings is 1. The molecule has 0 radical (unpaired) electrons. The van der Waals surface area contributed by atoms with E-state index in [1.54, 1.807) is 20.8 Å². The van der Waals surface area contributed by atoms with E-state index in [2.05, 4.69) is 4.98 Å². The van der Waals surface area contributed by atoms with Crippen LogP contribution < -0.4 is 0 Å². The van der Waals surface area contributed by atoms with Crippen molar-refractivity contribution >= 4 is 21.6 Å². The number of pyridine rings is 1. The van der Waals surface area contributed by atoms with E-state index < -0.39 is 37.2 Å². The number of ether oxygens (including phenoxy) is 1. The number of sulfone groups is 1. The predicted molar refractivity (Wildman–Crippen MR) is 93.5 cm³/mol. The van der Waals surface area contributed by atoms with Gasteiger partial charge in [0.25, 0.3) is 0 Å². The van der Waals surface area contributed by atoms with Crippen LogP contribution in [-0.4, -0.2) is 53.8 Å². The summed E-state index contributed by atoms with van der Waals surface area (Å²) in [6, 6.07) is 2.44. The van der Waals surface area contributed by atoms with Gasteiger partial charge in [0.05, 0.1) is 10.7 Å². The topological polar surface area (TPSA) is 120 Å². The van der Waals surface area contributed by atoms with Gasteiger partial charge in [-0.3, -0.25) is 10.1 Å². The largest absolute Gasteiger partial charge is 0.444 e. The van der Waals surface area contributed by atoms with E-state index in [9.17, 15) is 23.3 Å². The van der Waals surface area contributed by atoms with Gasteiger partial charge in [-0.2, -0.15) is 0 Å². The van der Waals surface area contributed by atoms with Crippen LogP contribution in [0.25, 0.3) is 0 Å². The molecule has 9 nitrogen and oxygen atoms in total. The number of nitro groups is 1. The quantitative estimate of drug-likeness (QED) is 0.576. The Balaban J connectivity index is 2.13. The van der Waals surface area contributed by atoms with E-state index in [-0.39, 0.29) is 18.2 Å². The molecule has 0 N–H and O–H groups in total. The summed E-state index contributed by atoms with van der Waals surface area (Å²) < 4.78 is 30.6. The molecule has 10 heteroatoms. The molecule has 0 spiro atoms. The third-order valence-electron chi connectivity index (χ3n) is 3.87. The molecule has 1 atom stereocenters. The molecule has 0 bridgehead atoms. The molecule has 0 aliphatic carbocycles. The maximum atomic E-state index is 12.6. The zero-order chi connectivity index (χ0) is 19.5. The molecule has 1 aliphatic heterocycles. The summed E-state index contributed by atoms with van der Waals surface area (Å²) in [6.45, 7) is 6.01. The number of hydrogen-bond donors (Lipinski definition) is 0. The second kappa shape index (κ2) is 7.56. The predicted octanol–water partition coefficient (Wildman–Crippen LogP) is 2.41. The Hall–Kier alpha value is -2.23. The number of hydrogen-bond acceptors (Lipinski definition) is 7. The van der Waals surface area contributed by atoms with Gasteiger partial charge in [-0.1, -0.05) is 0 Å². The van der Waals surface area contributed by atoms with Crippen LogP contribution >= 0.6 is 0 Å². The lowest BCUT2D eigenvalue weighted by Crippen LogP contribution is -2.44. The summed E-state index contributed by atoms with van der Waals surface area (Å²) in [6.07, 6.45) is 1.99. The van der Waals surface area contributed by atoms with Crippen molar-refractivity contribution in [3.05, 3.63) is 28.4 Å². The normalized spacial score (nSPS) is 18.4. The van der Waals surface area contributed by atoms with Crippen LogP contribution in [0.3, 0.4) is 0 Å². The molecule has 1 aliphatic rings. The van der Waals surface area contributed by atoms with Gasteiger partial charge in [-0.15, -0.1) is 0 Å². The van der Waals surface area contributed by atoms with Gasteiger partial charge < -0.3 is 9.64 Å². The summed E-state index contributed by atoms with van der Waals surface area (Å²) in [4.78, 5) is 27.7. The summed E-state index contributed by atoms with van der Waals surface area (Å²) in [5.41, 5.74) is -1.17. The second-order valence-electron chi connectivity index (χ2n) is 7.30. The van der Waals surface area contributed by atoms with Gasteiger partial charge in [0.2, 0.25) is 14.9 Å². The average molecular weight is 385 g/mol. The van der Waals surface area contributed by atoms with Gasteiger partial charge >= 0.3 is 11.8 Å². The first-order valence-corrected chi connectivity index (χ1v) is 9.95. The van der Waals surface area contributed by atoms with Crippen molar-refractivity contribution in [1.82, 2.24) is 9.88 Å². The van der Waals surface area contributed by atoms with Crippen molar-refractivity contribution in [3.63, 3.8) is 0 Å². The highest BCUT2D eigenvalue weighted by molar-refractivity contribution is 7.91. The third-order valence-corrected chi connectivity index (χ3v) is 5.68. The molecule has 1 fully saturated rings. The number of likely N-dealkylation sites (tertiary alicyclic amines) is 1. The highest BCUT2D eigenvalue weighted by atomic mass is 32.2. The molecule has 26 heavy (non-hydrogen) atoms. The maximum absolute atomic E-state index is 12.6. The van der Waals surface area contributed by atoms with E-state index in [0.717, 1.165) is 6.07 Å². The second-order valence-corrected chi connectivity index (χ2v) is 9.25. The highest BCUT2D eigenvalue weighted by Gasteiger charge is 2.34. The standard InChI is InChI=1S/C16H23N3O6S/c1-16(2,3)25-15(20)18-9-5-6-12(10-18)11-26(23,24)14-13(19(21)22)7-4-8-17-14/h4,7-8,12H,5-6,9-11H2,1-3H3/t12-/m0/s1.